The fourth-order valence-corrected chi connectivity index (χ4v) is 3.88. The number of fused-ring (bicyclic) bond motifs is 3. The fourth-order valence-electron chi connectivity index (χ4n) is 3.53. The van der Waals surface area contributed by atoms with Crippen LogP contribution in [-0.2, 0) is 20.0 Å². The molecule has 1 heterocycles. The van der Waals surface area contributed by atoms with E-state index in [0.29, 0.717) is 11.5 Å². The summed E-state index contributed by atoms with van der Waals surface area (Å²) in [5.41, 5.74) is 2.13. The number of benzene rings is 5. The molecular formula is C29H24Cl2O3Ti. The second-order valence-corrected chi connectivity index (χ2v) is 7.78. The van der Waals surface area contributed by atoms with E-state index in [9.17, 15) is 10.2 Å². The summed E-state index contributed by atoms with van der Waals surface area (Å²) >= 11 is 2.01. The summed E-state index contributed by atoms with van der Waals surface area (Å²) < 4.78 is 7.36. The van der Waals surface area contributed by atoms with E-state index >= 15 is 0 Å². The number of para-hydroxylation sites is 1. The van der Waals surface area contributed by atoms with Crippen molar-refractivity contribution in [1.82, 2.24) is 0 Å². The number of phenolic OH excluding ortho intramolecular Hbond substituents is 2. The van der Waals surface area contributed by atoms with Crippen LogP contribution in [0.15, 0.2) is 120 Å². The van der Waals surface area contributed by atoms with Gasteiger partial charge in [-0.05, 0) is 22.9 Å². The van der Waals surface area contributed by atoms with E-state index in [2.05, 4.69) is 6.07 Å². The summed E-state index contributed by atoms with van der Waals surface area (Å²) in [5.74, 6) is 0.700. The zero-order valence-electron chi connectivity index (χ0n) is 18.7. The van der Waals surface area contributed by atoms with Gasteiger partial charge in [0.25, 0.3) is 0 Å². The molecule has 6 heteroatoms. The molecule has 0 fully saturated rings. The standard InChI is InChI=1S/2C10H8O.C9H6O.2ClH.Ti/c2*11-10-7-3-5-8-4-1-2-6-9(8)10;1-7-6-10-9-5-3-2-4-8(7)9;;;/h2*1-7,11H;1-6H;2*1H;. The predicted octanol–water partition coefficient (Wildman–Crippen LogP) is 8.06. The molecule has 0 radical (unpaired) electrons. The van der Waals surface area contributed by atoms with Gasteiger partial charge in [0.1, 0.15) is 11.5 Å². The summed E-state index contributed by atoms with van der Waals surface area (Å²) in [6.07, 6.45) is 1.78. The van der Waals surface area contributed by atoms with E-state index in [4.69, 9.17) is 4.42 Å². The minimum atomic E-state index is 0. The molecule has 2 N–H and O–H groups in total. The molecule has 0 saturated carbocycles. The van der Waals surface area contributed by atoms with E-state index in [1.165, 1.54) is 10.9 Å². The van der Waals surface area contributed by atoms with Crippen molar-refractivity contribution in [3.8, 4) is 11.5 Å². The van der Waals surface area contributed by atoms with E-state index < -0.39 is 0 Å². The molecule has 6 aromatic rings. The van der Waals surface area contributed by atoms with Crippen LogP contribution >= 0.6 is 24.8 Å². The van der Waals surface area contributed by atoms with Crippen LogP contribution in [0.5, 0.6) is 11.5 Å². The number of hydrogen-bond acceptors (Lipinski definition) is 3. The quantitative estimate of drug-likeness (QED) is 0.208. The maximum absolute atomic E-state index is 9.37. The van der Waals surface area contributed by atoms with Crippen molar-refractivity contribution >= 4 is 61.6 Å². The molecule has 0 spiro atoms. The van der Waals surface area contributed by atoms with Crippen LogP contribution in [0.25, 0.3) is 32.5 Å². The van der Waals surface area contributed by atoms with Crippen molar-refractivity contribution in [3.63, 3.8) is 0 Å². The minimum absolute atomic E-state index is 0. The molecule has 0 amide bonds. The second kappa shape index (κ2) is 13.7. The Balaban J connectivity index is 0.000000180. The van der Waals surface area contributed by atoms with Gasteiger partial charge >= 0.3 is 75.8 Å². The van der Waals surface area contributed by atoms with Crippen LogP contribution in [0.3, 0.4) is 0 Å². The molecule has 6 rings (SSSR count). The van der Waals surface area contributed by atoms with Crippen molar-refractivity contribution < 1.29 is 34.6 Å². The first kappa shape index (κ1) is 28.2. The molecule has 176 valence electrons. The molecule has 0 aliphatic carbocycles. The third-order valence-corrected chi connectivity index (χ3v) is 5.69. The first-order chi connectivity index (χ1) is 16.2. The van der Waals surface area contributed by atoms with Gasteiger partial charge in [0.05, 0.1) is 0 Å². The Morgan fingerprint density at radius 1 is 0.543 bits per heavy atom. The summed E-state index contributed by atoms with van der Waals surface area (Å²) in [7, 11) is 0. The Morgan fingerprint density at radius 2 is 0.971 bits per heavy atom. The van der Waals surface area contributed by atoms with E-state index in [1.807, 2.05) is 115 Å². The van der Waals surface area contributed by atoms with E-state index in [1.54, 1.807) is 18.4 Å². The van der Waals surface area contributed by atoms with Gasteiger partial charge in [-0.2, -0.15) is 0 Å². The summed E-state index contributed by atoms with van der Waals surface area (Å²) in [4.78, 5) is 0. The van der Waals surface area contributed by atoms with Gasteiger partial charge in [-0.15, -0.1) is 24.8 Å². The first-order valence-electron chi connectivity index (χ1n) is 10.5. The average molecular weight is 539 g/mol. The SMILES string of the molecule is Cl.Cl.Oc1cccc2ccccc12.Oc1cccc2ccccc12.[Ti]=[CH]c1coc2ccccc12. The number of phenols is 2. The number of aromatic hydroxyl groups is 2. The predicted molar refractivity (Wildman–Crippen MR) is 147 cm³/mol. The van der Waals surface area contributed by atoms with Crippen molar-refractivity contribution in [2.45, 2.75) is 0 Å². The van der Waals surface area contributed by atoms with Crippen LogP contribution in [0.1, 0.15) is 5.56 Å². The van der Waals surface area contributed by atoms with Crippen LogP contribution < -0.4 is 0 Å². The summed E-state index contributed by atoms with van der Waals surface area (Å²) in [6, 6.07) is 34.6. The van der Waals surface area contributed by atoms with Crippen LogP contribution in [0.4, 0.5) is 0 Å². The molecule has 3 nitrogen and oxygen atoms in total. The van der Waals surface area contributed by atoms with Gasteiger partial charge < -0.3 is 10.2 Å². The molecule has 0 bridgehead atoms. The zero-order chi connectivity index (χ0) is 23.0. The summed E-state index contributed by atoms with van der Waals surface area (Å²) in [5, 5.41) is 23.9. The molecule has 0 saturated heterocycles. The Morgan fingerprint density at radius 3 is 1.46 bits per heavy atom. The van der Waals surface area contributed by atoms with Gasteiger partial charge in [-0.1, -0.05) is 72.8 Å². The van der Waals surface area contributed by atoms with Gasteiger partial charge in [0.2, 0.25) is 0 Å². The molecule has 35 heavy (non-hydrogen) atoms. The molecule has 0 atom stereocenters. The van der Waals surface area contributed by atoms with E-state index in [0.717, 1.165) is 27.1 Å². The average Bonchev–Trinajstić information content (AvgIpc) is 3.29. The van der Waals surface area contributed by atoms with Crippen molar-refractivity contribution in [3.05, 3.63) is 121 Å². The number of hydrogen-bond donors (Lipinski definition) is 2. The molecular weight excluding hydrogens is 515 g/mol. The molecule has 5 aromatic carbocycles. The normalized spacial score (nSPS) is 9.57. The number of furan rings is 1. The molecule has 0 aliphatic heterocycles. The first-order valence-corrected chi connectivity index (χ1v) is 11.4. The van der Waals surface area contributed by atoms with Crippen LogP contribution in [0, 0.1) is 0 Å². The van der Waals surface area contributed by atoms with Crippen LogP contribution in [0.2, 0.25) is 0 Å². The van der Waals surface area contributed by atoms with Gasteiger partial charge in [0, 0.05) is 10.8 Å². The van der Waals surface area contributed by atoms with E-state index in [-0.39, 0.29) is 24.8 Å². The monoisotopic (exact) mass is 538 g/mol. The third-order valence-electron chi connectivity index (χ3n) is 5.20. The van der Waals surface area contributed by atoms with Gasteiger partial charge in [0.15, 0.2) is 0 Å². The molecule has 0 unspecified atom stereocenters. The third kappa shape index (κ3) is 6.97. The number of rotatable bonds is 1. The van der Waals surface area contributed by atoms with Gasteiger partial charge in [-0.3, -0.25) is 0 Å². The Hall–Kier alpha value is -3.08. The Kier molecular flexibility index (Phi) is 11.0. The second-order valence-electron chi connectivity index (χ2n) is 7.33. The fraction of sp³-hybridized carbons (Fsp3) is 0. The van der Waals surface area contributed by atoms with Crippen molar-refractivity contribution in [2.75, 3.05) is 0 Å². The Labute approximate surface area is 227 Å². The molecule has 1 aromatic heterocycles. The summed E-state index contributed by atoms with van der Waals surface area (Å²) in [6.45, 7) is 0. The topological polar surface area (TPSA) is 53.6 Å². The number of halogens is 2. The van der Waals surface area contributed by atoms with Crippen molar-refractivity contribution in [1.29, 1.82) is 0 Å². The zero-order valence-corrected chi connectivity index (χ0v) is 21.9. The van der Waals surface area contributed by atoms with Crippen LogP contribution in [-0.4, -0.2) is 14.5 Å². The molecule has 0 aliphatic rings. The van der Waals surface area contributed by atoms with Gasteiger partial charge in [-0.25, -0.2) is 0 Å². The van der Waals surface area contributed by atoms with Crippen molar-refractivity contribution in [2.24, 2.45) is 0 Å². The maximum atomic E-state index is 9.37. The Bertz CT molecular complexity index is 1440.